The minimum atomic E-state index is -4.61. The zero-order valence-electron chi connectivity index (χ0n) is 34.0. The van der Waals surface area contributed by atoms with Crippen LogP contribution >= 0.6 is 15.9 Å². The van der Waals surface area contributed by atoms with Gasteiger partial charge in [-0.15, -0.1) is 0 Å². The number of phenolic OH excluding ortho intramolecular Hbond substituents is 1. The summed E-state index contributed by atoms with van der Waals surface area (Å²) in [4.78, 5) is 21.8. The van der Waals surface area contributed by atoms with E-state index in [1.165, 1.54) is 46.1 Å². The van der Waals surface area contributed by atoms with Crippen molar-refractivity contribution < 1.29 is 69.0 Å². The van der Waals surface area contributed by atoms with E-state index in [0.29, 0.717) is 72.9 Å². The molecular formula is C40H53BrF6N2O9. The van der Waals surface area contributed by atoms with Crippen molar-refractivity contribution in [1.29, 1.82) is 0 Å². The first-order chi connectivity index (χ1) is 27.3. The van der Waals surface area contributed by atoms with Gasteiger partial charge in [0.25, 0.3) is 0 Å². The van der Waals surface area contributed by atoms with Crippen molar-refractivity contribution in [3.63, 3.8) is 0 Å². The van der Waals surface area contributed by atoms with E-state index in [2.05, 4.69) is 35.7 Å². The summed E-state index contributed by atoms with van der Waals surface area (Å²) >= 11 is 3.03. The van der Waals surface area contributed by atoms with Crippen molar-refractivity contribution in [2.75, 3.05) is 27.4 Å². The van der Waals surface area contributed by atoms with Gasteiger partial charge in [-0.25, -0.2) is 4.79 Å². The monoisotopic (exact) mass is 898 g/mol. The molecule has 1 N–H and O–H groups in total. The maximum absolute atomic E-state index is 13.2. The van der Waals surface area contributed by atoms with Gasteiger partial charge in [-0.2, -0.15) is 26.3 Å². The van der Waals surface area contributed by atoms with Gasteiger partial charge in [-0.3, -0.25) is 4.79 Å². The first kappa shape index (κ1) is 50.1. The smallest absolute Gasteiger partial charge is 0.437 e. The standard InChI is InChI=1S/C18H22F3NO4.C14H16F3NO2.C4H7BrO2.C4H8O/c1-5-7-11-9-13-15(26-22-16(13)18(19,20)21)12(8-6-2)14(11)25-10(3)17(23)24-4;1-3-5-8-7-10-12(9(6-4-2)11(8)19)20-18-13(10)14(15,16)17;1-3(5)4(6)7-2;1-2-4-5-3-1/h9-10H,5-8H2,1-4H3;7,19H,3-6H2,1-2H3;3H,1-2H3;1-4H2. The second-order valence-electron chi connectivity index (χ2n) is 13.3. The zero-order chi connectivity index (χ0) is 43.8. The van der Waals surface area contributed by atoms with Gasteiger partial charge < -0.3 is 33.1 Å². The second-order valence-corrected chi connectivity index (χ2v) is 14.6. The largest absolute Gasteiger partial charge is 0.507 e. The molecule has 2 atom stereocenters. The summed E-state index contributed by atoms with van der Waals surface area (Å²) in [6.45, 7) is 12.8. The fourth-order valence-electron chi connectivity index (χ4n) is 5.87. The summed E-state index contributed by atoms with van der Waals surface area (Å²) in [7, 11) is 2.61. The van der Waals surface area contributed by atoms with Crippen molar-refractivity contribution >= 4 is 49.8 Å². The molecule has 0 amide bonds. The second kappa shape index (κ2) is 23.5. The van der Waals surface area contributed by atoms with Crippen molar-refractivity contribution in [3.8, 4) is 11.5 Å². The van der Waals surface area contributed by atoms with Crippen LogP contribution in [-0.2, 0) is 61.8 Å². The minimum Gasteiger partial charge on any atom is -0.507 e. The maximum Gasteiger partial charge on any atom is 0.437 e. The van der Waals surface area contributed by atoms with Crippen LogP contribution in [-0.4, -0.2) is 65.7 Å². The van der Waals surface area contributed by atoms with E-state index >= 15 is 0 Å². The molecule has 58 heavy (non-hydrogen) atoms. The molecule has 0 radical (unpaired) electrons. The number of esters is 2. The SMILES string of the molecule is C1CCOC1.CCCc1cc2c(C(F)(F)F)noc2c(CCC)c1O.CCCc1cc2c(C(F)(F)F)noc2c(CCC)c1OC(C)C(=O)OC.COC(=O)C(C)Br. The molecule has 0 bridgehead atoms. The molecule has 0 spiro atoms. The molecular weight excluding hydrogens is 846 g/mol. The van der Waals surface area contributed by atoms with Crippen molar-refractivity contribution in [1.82, 2.24) is 10.3 Å². The van der Waals surface area contributed by atoms with Crippen molar-refractivity contribution in [3.05, 3.63) is 45.8 Å². The normalized spacial score (nSPS) is 13.7. The Hall–Kier alpha value is -4.06. The number of methoxy groups -OCH3 is 2. The number of carbonyl (C=O) groups is 2. The Bertz CT molecular complexity index is 1900. The van der Waals surface area contributed by atoms with Crippen LogP contribution in [0.4, 0.5) is 26.3 Å². The van der Waals surface area contributed by atoms with Gasteiger partial charge in [-0.1, -0.05) is 79.6 Å². The molecule has 18 heteroatoms. The van der Waals surface area contributed by atoms with E-state index in [4.69, 9.17) is 18.5 Å². The van der Waals surface area contributed by atoms with Crippen LogP contribution in [0.2, 0.25) is 0 Å². The molecule has 326 valence electrons. The highest BCUT2D eigenvalue weighted by Gasteiger charge is 2.39. The molecule has 5 rings (SSSR count). The predicted molar refractivity (Wildman–Crippen MR) is 208 cm³/mol. The number of ether oxygens (including phenoxy) is 4. The number of hydrogen-bond donors (Lipinski definition) is 1. The number of aryl methyl sites for hydroxylation is 4. The number of aromatic nitrogens is 2. The summed E-state index contributed by atoms with van der Waals surface area (Å²) in [5, 5.41) is 16.4. The molecule has 1 saturated heterocycles. The summed E-state index contributed by atoms with van der Waals surface area (Å²) in [6, 6.07) is 2.74. The topological polar surface area (TPSA) is 143 Å². The summed E-state index contributed by atoms with van der Waals surface area (Å²) in [6.07, 6.45) is -2.82. The molecule has 1 aliphatic heterocycles. The fourth-order valence-corrected chi connectivity index (χ4v) is 6.06. The number of halogens is 7. The van der Waals surface area contributed by atoms with Crippen molar-refractivity contribution in [2.45, 2.75) is 129 Å². The summed E-state index contributed by atoms with van der Waals surface area (Å²) in [5.74, 6) is -0.390. The van der Waals surface area contributed by atoms with E-state index in [0.717, 1.165) is 19.6 Å². The third-order valence-corrected chi connectivity index (χ3v) is 8.93. The molecule has 4 aromatic rings. The third kappa shape index (κ3) is 13.8. The third-order valence-electron chi connectivity index (χ3n) is 8.55. The summed E-state index contributed by atoms with van der Waals surface area (Å²) < 4.78 is 108. The van der Waals surface area contributed by atoms with E-state index in [1.54, 1.807) is 6.92 Å². The van der Waals surface area contributed by atoms with Crippen LogP contribution in [0.5, 0.6) is 11.5 Å². The minimum absolute atomic E-state index is 0.0334. The first-order valence-electron chi connectivity index (χ1n) is 19.1. The first-order valence-corrected chi connectivity index (χ1v) is 20.0. The number of nitrogens with zero attached hydrogens (tertiary/aromatic N) is 2. The van der Waals surface area contributed by atoms with Gasteiger partial charge in [0, 0.05) is 24.3 Å². The average molecular weight is 900 g/mol. The highest BCUT2D eigenvalue weighted by molar-refractivity contribution is 9.10. The number of carbonyl (C=O) groups excluding carboxylic acids is 2. The lowest BCUT2D eigenvalue weighted by molar-refractivity contribution is -0.148. The summed E-state index contributed by atoms with van der Waals surface area (Å²) in [5.41, 5.74) is 0.0216. The molecule has 1 fully saturated rings. The number of benzene rings is 2. The quantitative estimate of drug-likeness (QED) is 0.0824. The number of hydrogen-bond acceptors (Lipinski definition) is 11. The van der Waals surface area contributed by atoms with Gasteiger partial charge in [0.15, 0.2) is 28.7 Å². The van der Waals surface area contributed by atoms with E-state index in [1.807, 2.05) is 27.7 Å². The lowest BCUT2D eigenvalue weighted by Gasteiger charge is -2.19. The van der Waals surface area contributed by atoms with Gasteiger partial charge >= 0.3 is 24.3 Å². The van der Waals surface area contributed by atoms with E-state index in [9.17, 15) is 41.0 Å². The Morgan fingerprint density at radius 2 is 1.17 bits per heavy atom. The molecule has 2 aromatic carbocycles. The van der Waals surface area contributed by atoms with E-state index < -0.39 is 35.8 Å². The van der Waals surface area contributed by atoms with Gasteiger partial charge in [0.2, 0.25) is 0 Å². The molecule has 0 saturated carbocycles. The Morgan fingerprint density at radius 1 is 0.741 bits per heavy atom. The van der Waals surface area contributed by atoms with E-state index in [-0.39, 0.29) is 38.5 Å². The number of alkyl halides is 7. The van der Waals surface area contributed by atoms with Crippen LogP contribution < -0.4 is 4.74 Å². The molecule has 2 unspecified atom stereocenters. The number of phenols is 1. The Kier molecular flexibility index (Phi) is 20.3. The lowest BCUT2D eigenvalue weighted by Crippen LogP contribution is -2.26. The molecule has 11 nitrogen and oxygen atoms in total. The van der Waals surface area contributed by atoms with Crippen LogP contribution in [0, 0.1) is 0 Å². The van der Waals surface area contributed by atoms with Crippen LogP contribution in [0.3, 0.4) is 0 Å². The van der Waals surface area contributed by atoms with Gasteiger partial charge in [0.05, 0.1) is 25.0 Å². The Morgan fingerprint density at radius 3 is 1.55 bits per heavy atom. The zero-order valence-corrected chi connectivity index (χ0v) is 35.6. The van der Waals surface area contributed by atoms with Gasteiger partial charge in [-0.05, 0) is 75.6 Å². The van der Waals surface area contributed by atoms with Crippen LogP contribution in [0.25, 0.3) is 21.9 Å². The highest BCUT2D eigenvalue weighted by Crippen LogP contribution is 2.42. The van der Waals surface area contributed by atoms with Crippen LogP contribution in [0.15, 0.2) is 21.2 Å². The molecule has 1 aliphatic rings. The number of fused-ring (bicyclic) bond motifs is 2. The lowest BCUT2D eigenvalue weighted by atomic mass is 9.97. The Labute approximate surface area is 342 Å². The Balaban J connectivity index is 0.000000316. The average Bonchev–Trinajstić information content (AvgIpc) is 3.97. The molecule has 0 aliphatic carbocycles. The molecule has 3 heterocycles. The van der Waals surface area contributed by atoms with Crippen LogP contribution in [0.1, 0.15) is 114 Å². The number of aromatic hydroxyl groups is 1. The highest BCUT2D eigenvalue weighted by atomic mass is 79.9. The predicted octanol–water partition coefficient (Wildman–Crippen LogP) is 10.9. The molecule has 2 aromatic heterocycles. The van der Waals surface area contributed by atoms with Gasteiger partial charge in [0.1, 0.15) is 16.3 Å². The number of rotatable bonds is 12. The maximum atomic E-state index is 13.2. The van der Waals surface area contributed by atoms with Crippen molar-refractivity contribution in [2.24, 2.45) is 0 Å². The fraction of sp³-hybridized carbons (Fsp3) is 0.600.